The smallest absolute Gasteiger partial charge is 0.258 e. The molecule has 1 aromatic carbocycles. The van der Waals surface area contributed by atoms with Gasteiger partial charge in [-0.15, -0.1) is 0 Å². The maximum atomic E-state index is 12.0. The lowest BCUT2D eigenvalue weighted by molar-refractivity contribution is 0.341. The third-order valence-corrected chi connectivity index (χ3v) is 3.96. The van der Waals surface area contributed by atoms with Crippen LogP contribution in [-0.4, -0.2) is 34.5 Å². The Labute approximate surface area is 112 Å². The summed E-state index contributed by atoms with van der Waals surface area (Å²) in [4.78, 5) is 21.9. The third kappa shape index (κ3) is 2.54. The van der Waals surface area contributed by atoms with Crippen molar-refractivity contribution in [2.24, 2.45) is 5.92 Å². The second-order valence-corrected chi connectivity index (χ2v) is 5.28. The fraction of sp³-hybridized carbons (Fsp3) is 0.467. The Kier molecular flexibility index (Phi) is 3.34. The van der Waals surface area contributed by atoms with Gasteiger partial charge in [0, 0.05) is 13.0 Å². The molecule has 1 aliphatic heterocycles. The normalized spacial score (nSPS) is 20.2. The van der Waals surface area contributed by atoms with E-state index in [1.165, 1.54) is 13.0 Å². The first kappa shape index (κ1) is 12.4. The predicted octanol–water partition coefficient (Wildman–Crippen LogP) is 1.81. The van der Waals surface area contributed by atoms with Gasteiger partial charge in [-0.05, 0) is 37.6 Å². The van der Waals surface area contributed by atoms with Gasteiger partial charge < -0.3 is 9.88 Å². The van der Waals surface area contributed by atoms with Crippen LogP contribution in [0.1, 0.15) is 19.2 Å². The van der Waals surface area contributed by atoms with Gasteiger partial charge in [0.1, 0.15) is 5.82 Å². The van der Waals surface area contributed by atoms with E-state index in [-0.39, 0.29) is 5.56 Å². The number of H-pyrrole nitrogens is 1. The Bertz CT molecular complexity index is 635. The van der Waals surface area contributed by atoms with Gasteiger partial charge in [-0.2, -0.15) is 0 Å². The fourth-order valence-electron chi connectivity index (χ4n) is 2.87. The SMILES string of the molecule is CCN1CCC(Cc2nc3ccccc3c(=O)[nH]2)C1. The molecule has 1 aliphatic rings. The molecule has 1 fully saturated rings. The first-order valence-corrected chi connectivity index (χ1v) is 6.96. The van der Waals surface area contributed by atoms with Crippen LogP contribution in [0.3, 0.4) is 0 Å². The Morgan fingerprint density at radius 2 is 2.26 bits per heavy atom. The number of aromatic amines is 1. The molecule has 0 bridgehead atoms. The Hall–Kier alpha value is -1.68. The van der Waals surface area contributed by atoms with E-state index in [1.807, 2.05) is 24.3 Å². The van der Waals surface area contributed by atoms with Gasteiger partial charge in [-0.1, -0.05) is 19.1 Å². The zero-order valence-corrected chi connectivity index (χ0v) is 11.2. The van der Waals surface area contributed by atoms with E-state index >= 15 is 0 Å². The number of benzene rings is 1. The summed E-state index contributed by atoms with van der Waals surface area (Å²) in [5.74, 6) is 1.44. The number of aromatic nitrogens is 2. The summed E-state index contributed by atoms with van der Waals surface area (Å²) in [6.07, 6.45) is 2.07. The minimum Gasteiger partial charge on any atom is -0.310 e. The number of para-hydroxylation sites is 1. The van der Waals surface area contributed by atoms with Crippen molar-refractivity contribution in [2.45, 2.75) is 19.8 Å². The topological polar surface area (TPSA) is 49.0 Å². The molecule has 1 N–H and O–H groups in total. The maximum Gasteiger partial charge on any atom is 0.258 e. The number of nitrogens with one attached hydrogen (secondary N) is 1. The van der Waals surface area contributed by atoms with Crippen molar-refractivity contribution in [3.05, 3.63) is 40.4 Å². The molecular formula is C15H19N3O. The third-order valence-electron chi connectivity index (χ3n) is 3.96. The molecule has 0 spiro atoms. The van der Waals surface area contributed by atoms with Crippen LogP contribution in [0.5, 0.6) is 0 Å². The van der Waals surface area contributed by atoms with Crippen LogP contribution >= 0.6 is 0 Å². The number of hydrogen-bond acceptors (Lipinski definition) is 3. The summed E-state index contributed by atoms with van der Waals surface area (Å²) in [5, 5.41) is 0.674. The predicted molar refractivity (Wildman–Crippen MR) is 76.3 cm³/mol. The second kappa shape index (κ2) is 5.13. The largest absolute Gasteiger partial charge is 0.310 e. The number of nitrogens with zero attached hydrogens (tertiary/aromatic N) is 2. The molecule has 1 aromatic heterocycles. The molecule has 19 heavy (non-hydrogen) atoms. The van der Waals surface area contributed by atoms with Crippen molar-refractivity contribution in [1.82, 2.24) is 14.9 Å². The Morgan fingerprint density at radius 1 is 1.42 bits per heavy atom. The van der Waals surface area contributed by atoms with Crippen LogP contribution < -0.4 is 5.56 Å². The molecule has 1 unspecified atom stereocenters. The monoisotopic (exact) mass is 257 g/mol. The standard InChI is InChI=1S/C15H19N3O/c1-2-18-8-7-11(10-18)9-14-16-13-6-4-3-5-12(13)15(19)17-14/h3-6,11H,2,7-10H2,1H3,(H,16,17,19). The first-order valence-electron chi connectivity index (χ1n) is 6.96. The molecule has 1 saturated heterocycles. The average Bonchev–Trinajstić information content (AvgIpc) is 2.86. The van der Waals surface area contributed by atoms with Crippen molar-refractivity contribution in [1.29, 1.82) is 0 Å². The Balaban J connectivity index is 1.84. The molecule has 3 rings (SSSR count). The molecule has 1 atom stereocenters. The average molecular weight is 257 g/mol. The first-order chi connectivity index (χ1) is 9.26. The molecule has 2 heterocycles. The second-order valence-electron chi connectivity index (χ2n) is 5.28. The van der Waals surface area contributed by atoms with E-state index < -0.39 is 0 Å². The highest BCUT2D eigenvalue weighted by Crippen LogP contribution is 2.19. The summed E-state index contributed by atoms with van der Waals surface area (Å²) >= 11 is 0. The summed E-state index contributed by atoms with van der Waals surface area (Å²) in [5.41, 5.74) is 0.775. The van der Waals surface area contributed by atoms with Crippen LogP contribution in [0.2, 0.25) is 0 Å². The number of hydrogen-bond donors (Lipinski definition) is 1. The summed E-state index contributed by atoms with van der Waals surface area (Å²) in [6, 6.07) is 7.52. The fourth-order valence-corrected chi connectivity index (χ4v) is 2.87. The van der Waals surface area contributed by atoms with Gasteiger partial charge in [0.25, 0.3) is 5.56 Å². The van der Waals surface area contributed by atoms with Crippen molar-refractivity contribution in [3.8, 4) is 0 Å². The van der Waals surface area contributed by atoms with E-state index in [1.54, 1.807) is 0 Å². The highest BCUT2D eigenvalue weighted by atomic mass is 16.1. The zero-order valence-electron chi connectivity index (χ0n) is 11.2. The van der Waals surface area contributed by atoms with Crippen molar-refractivity contribution in [3.63, 3.8) is 0 Å². The highest BCUT2D eigenvalue weighted by molar-refractivity contribution is 5.77. The lowest BCUT2D eigenvalue weighted by atomic mass is 10.0. The van der Waals surface area contributed by atoms with E-state index in [9.17, 15) is 4.79 Å². The molecular weight excluding hydrogens is 238 g/mol. The van der Waals surface area contributed by atoms with Gasteiger partial charge in [-0.25, -0.2) is 4.98 Å². The van der Waals surface area contributed by atoms with E-state index in [0.29, 0.717) is 11.3 Å². The molecule has 0 saturated carbocycles. The minimum atomic E-state index is -0.0223. The van der Waals surface area contributed by atoms with Crippen LogP contribution in [0.4, 0.5) is 0 Å². The van der Waals surface area contributed by atoms with Gasteiger partial charge >= 0.3 is 0 Å². The summed E-state index contributed by atoms with van der Waals surface area (Å²) in [7, 11) is 0. The van der Waals surface area contributed by atoms with Gasteiger partial charge in [-0.3, -0.25) is 4.79 Å². The number of likely N-dealkylation sites (tertiary alicyclic amines) is 1. The van der Waals surface area contributed by atoms with Gasteiger partial charge in [0.15, 0.2) is 0 Å². The summed E-state index contributed by atoms with van der Waals surface area (Å²) in [6.45, 7) is 5.59. The lowest BCUT2D eigenvalue weighted by Gasteiger charge is -2.12. The summed E-state index contributed by atoms with van der Waals surface area (Å²) < 4.78 is 0. The van der Waals surface area contributed by atoms with Gasteiger partial charge in [0.05, 0.1) is 10.9 Å². The minimum absolute atomic E-state index is 0.0223. The molecule has 0 radical (unpaired) electrons. The number of rotatable bonds is 3. The highest BCUT2D eigenvalue weighted by Gasteiger charge is 2.22. The van der Waals surface area contributed by atoms with Crippen molar-refractivity contribution >= 4 is 10.9 Å². The van der Waals surface area contributed by atoms with Crippen LogP contribution in [0.15, 0.2) is 29.1 Å². The van der Waals surface area contributed by atoms with Crippen LogP contribution in [0, 0.1) is 5.92 Å². The lowest BCUT2D eigenvalue weighted by Crippen LogP contribution is -2.21. The quantitative estimate of drug-likeness (QED) is 0.912. The molecule has 100 valence electrons. The van der Waals surface area contributed by atoms with Crippen LogP contribution in [-0.2, 0) is 6.42 Å². The molecule has 2 aromatic rings. The zero-order chi connectivity index (χ0) is 13.2. The molecule has 4 heteroatoms. The molecule has 0 aliphatic carbocycles. The van der Waals surface area contributed by atoms with Crippen LogP contribution in [0.25, 0.3) is 10.9 Å². The molecule has 4 nitrogen and oxygen atoms in total. The van der Waals surface area contributed by atoms with Gasteiger partial charge in [0.2, 0.25) is 0 Å². The maximum absolute atomic E-state index is 12.0. The Morgan fingerprint density at radius 3 is 3.05 bits per heavy atom. The van der Waals surface area contributed by atoms with E-state index in [2.05, 4.69) is 21.8 Å². The van der Waals surface area contributed by atoms with E-state index in [4.69, 9.17) is 0 Å². The number of fused-ring (bicyclic) bond motifs is 1. The van der Waals surface area contributed by atoms with E-state index in [0.717, 1.165) is 30.9 Å². The molecule has 0 amide bonds. The van der Waals surface area contributed by atoms with Crippen molar-refractivity contribution < 1.29 is 0 Å². The van der Waals surface area contributed by atoms with Crippen molar-refractivity contribution in [2.75, 3.05) is 19.6 Å².